The van der Waals surface area contributed by atoms with Crippen LogP contribution in [0.3, 0.4) is 0 Å². The second kappa shape index (κ2) is 7.79. The van der Waals surface area contributed by atoms with Crippen LogP contribution in [0, 0.1) is 0 Å². The van der Waals surface area contributed by atoms with E-state index < -0.39 is 5.97 Å². The van der Waals surface area contributed by atoms with Gasteiger partial charge >= 0.3 is 5.97 Å². The molecule has 0 aliphatic rings. The minimum Gasteiger partial charge on any atom is -0.478 e. The van der Waals surface area contributed by atoms with Gasteiger partial charge in [-0.05, 0) is 60.2 Å². The standard InChI is InChI=1S/C20H16N2O3/c23-20(24)16-5-4-6-17(13-16)22-21-14-15-9-11-19(12-10-15)25-18-7-2-1-3-8-18/h1-14,22H,(H,23,24). The molecule has 0 amide bonds. The average molecular weight is 332 g/mol. The molecule has 0 heterocycles. The predicted octanol–water partition coefficient (Wildman–Crippen LogP) is 4.62. The van der Waals surface area contributed by atoms with E-state index in [1.165, 1.54) is 12.1 Å². The highest BCUT2D eigenvalue weighted by Crippen LogP contribution is 2.20. The van der Waals surface area contributed by atoms with Crippen LogP contribution in [-0.2, 0) is 0 Å². The number of aromatic carboxylic acids is 1. The fraction of sp³-hybridized carbons (Fsp3) is 0. The van der Waals surface area contributed by atoms with E-state index in [1.54, 1.807) is 18.3 Å². The van der Waals surface area contributed by atoms with Crippen molar-refractivity contribution in [3.05, 3.63) is 90.0 Å². The summed E-state index contributed by atoms with van der Waals surface area (Å²) in [6, 6.07) is 23.5. The Balaban J connectivity index is 1.60. The number of anilines is 1. The molecule has 0 aliphatic heterocycles. The molecule has 25 heavy (non-hydrogen) atoms. The number of carboxylic acids is 1. The molecule has 2 N–H and O–H groups in total. The van der Waals surface area contributed by atoms with Crippen LogP contribution in [0.5, 0.6) is 11.5 Å². The summed E-state index contributed by atoms with van der Waals surface area (Å²) in [4.78, 5) is 10.9. The molecule has 3 aromatic carbocycles. The van der Waals surface area contributed by atoms with Crippen molar-refractivity contribution < 1.29 is 14.6 Å². The van der Waals surface area contributed by atoms with Crippen LogP contribution in [0.4, 0.5) is 5.69 Å². The van der Waals surface area contributed by atoms with Gasteiger partial charge in [-0.15, -0.1) is 0 Å². The number of hydrogen-bond acceptors (Lipinski definition) is 4. The van der Waals surface area contributed by atoms with Gasteiger partial charge < -0.3 is 9.84 Å². The molecule has 0 spiro atoms. The molecule has 5 heteroatoms. The number of hydrogen-bond donors (Lipinski definition) is 2. The van der Waals surface area contributed by atoms with Crippen LogP contribution in [-0.4, -0.2) is 17.3 Å². The first-order chi connectivity index (χ1) is 12.2. The zero-order chi connectivity index (χ0) is 17.5. The third-order valence-electron chi connectivity index (χ3n) is 3.38. The summed E-state index contributed by atoms with van der Waals surface area (Å²) in [5.41, 5.74) is 4.53. The van der Waals surface area contributed by atoms with Crippen molar-refractivity contribution in [3.63, 3.8) is 0 Å². The van der Waals surface area contributed by atoms with Gasteiger partial charge in [-0.3, -0.25) is 5.43 Å². The lowest BCUT2D eigenvalue weighted by Gasteiger charge is -2.05. The molecule has 0 saturated heterocycles. The fourth-order valence-electron chi connectivity index (χ4n) is 2.15. The molecule has 3 aromatic rings. The van der Waals surface area contributed by atoms with Gasteiger partial charge in [0.1, 0.15) is 11.5 Å². The zero-order valence-electron chi connectivity index (χ0n) is 13.3. The first-order valence-electron chi connectivity index (χ1n) is 7.66. The number of nitrogens with zero attached hydrogens (tertiary/aromatic N) is 1. The number of nitrogens with one attached hydrogen (secondary N) is 1. The van der Waals surface area contributed by atoms with E-state index in [-0.39, 0.29) is 5.56 Å². The molecule has 0 bridgehead atoms. The summed E-state index contributed by atoms with van der Waals surface area (Å²) < 4.78 is 5.73. The summed E-state index contributed by atoms with van der Waals surface area (Å²) in [5.74, 6) is 0.552. The number of ether oxygens (including phenoxy) is 1. The Labute approximate surface area is 145 Å². The lowest BCUT2D eigenvalue weighted by molar-refractivity contribution is 0.0697. The molecule has 5 nitrogen and oxygen atoms in total. The number of para-hydroxylation sites is 1. The second-order valence-electron chi connectivity index (χ2n) is 5.24. The van der Waals surface area contributed by atoms with Gasteiger partial charge in [0.05, 0.1) is 17.5 Å². The lowest BCUT2D eigenvalue weighted by atomic mass is 10.2. The van der Waals surface area contributed by atoms with Gasteiger partial charge in [0.15, 0.2) is 0 Å². The molecule has 124 valence electrons. The van der Waals surface area contributed by atoms with Gasteiger partial charge in [-0.2, -0.15) is 5.10 Å². The minimum absolute atomic E-state index is 0.211. The highest BCUT2D eigenvalue weighted by atomic mass is 16.5. The summed E-state index contributed by atoms with van der Waals surface area (Å²) in [6.45, 7) is 0. The molecule has 0 saturated carbocycles. The first kappa shape index (κ1) is 16.3. The Bertz CT molecular complexity index is 875. The van der Waals surface area contributed by atoms with Crippen molar-refractivity contribution in [2.75, 3.05) is 5.43 Å². The Morgan fingerprint density at radius 1 is 0.920 bits per heavy atom. The topological polar surface area (TPSA) is 70.9 Å². The van der Waals surface area contributed by atoms with Crippen molar-refractivity contribution in [2.45, 2.75) is 0 Å². The van der Waals surface area contributed by atoms with Crippen molar-refractivity contribution in [3.8, 4) is 11.5 Å². The van der Waals surface area contributed by atoms with E-state index in [2.05, 4.69) is 10.5 Å². The van der Waals surface area contributed by atoms with Crippen LogP contribution < -0.4 is 10.2 Å². The van der Waals surface area contributed by atoms with Gasteiger partial charge in [-0.25, -0.2) is 4.79 Å². The average Bonchev–Trinajstić information content (AvgIpc) is 2.64. The summed E-state index contributed by atoms with van der Waals surface area (Å²) in [6.07, 6.45) is 1.65. The lowest BCUT2D eigenvalue weighted by Crippen LogP contribution is -1.97. The molecule has 0 radical (unpaired) electrons. The van der Waals surface area contributed by atoms with Crippen LogP contribution in [0.15, 0.2) is 84.0 Å². The fourth-order valence-corrected chi connectivity index (χ4v) is 2.15. The SMILES string of the molecule is O=C(O)c1cccc(NN=Cc2ccc(Oc3ccccc3)cc2)c1. The molecule has 0 unspecified atom stereocenters. The third kappa shape index (κ3) is 4.68. The van der Waals surface area contributed by atoms with E-state index in [9.17, 15) is 4.79 Å². The molecular weight excluding hydrogens is 316 g/mol. The number of hydrazone groups is 1. The largest absolute Gasteiger partial charge is 0.478 e. The van der Waals surface area contributed by atoms with Crippen molar-refractivity contribution in [1.29, 1.82) is 0 Å². The number of carboxylic acid groups (broad SMARTS) is 1. The van der Waals surface area contributed by atoms with Crippen molar-refractivity contribution >= 4 is 17.9 Å². The molecule has 0 aromatic heterocycles. The summed E-state index contributed by atoms with van der Waals surface area (Å²) in [7, 11) is 0. The summed E-state index contributed by atoms with van der Waals surface area (Å²) in [5, 5.41) is 13.1. The quantitative estimate of drug-likeness (QED) is 0.510. The van der Waals surface area contributed by atoms with Gasteiger partial charge in [0.2, 0.25) is 0 Å². The van der Waals surface area contributed by atoms with Crippen LogP contribution in [0.1, 0.15) is 15.9 Å². The van der Waals surface area contributed by atoms with Crippen LogP contribution in [0.25, 0.3) is 0 Å². The maximum Gasteiger partial charge on any atom is 0.335 e. The Morgan fingerprint density at radius 2 is 1.64 bits per heavy atom. The predicted molar refractivity (Wildman–Crippen MR) is 97.6 cm³/mol. The first-order valence-corrected chi connectivity index (χ1v) is 7.66. The van der Waals surface area contributed by atoms with E-state index in [1.807, 2.05) is 54.6 Å². The normalized spacial score (nSPS) is 10.6. The number of carbonyl (C=O) groups is 1. The Kier molecular flexibility index (Phi) is 5.07. The highest BCUT2D eigenvalue weighted by molar-refractivity contribution is 5.88. The Hall–Kier alpha value is -3.60. The number of benzene rings is 3. The Morgan fingerprint density at radius 3 is 2.36 bits per heavy atom. The number of rotatable bonds is 6. The maximum atomic E-state index is 10.9. The molecule has 3 rings (SSSR count). The molecule has 0 aliphatic carbocycles. The van der Waals surface area contributed by atoms with E-state index >= 15 is 0 Å². The maximum absolute atomic E-state index is 10.9. The van der Waals surface area contributed by atoms with E-state index in [0.717, 1.165) is 17.1 Å². The van der Waals surface area contributed by atoms with Crippen molar-refractivity contribution in [1.82, 2.24) is 0 Å². The second-order valence-corrected chi connectivity index (χ2v) is 5.24. The minimum atomic E-state index is -0.971. The highest BCUT2D eigenvalue weighted by Gasteiger charge is 2.02. The van der Waals surface area contributed by atoms with Crippen LogP contribution >= 0.6 is 0 Å². The molecule has 0 fully saturated rings. The van der Waals surface area contributed by atoms with Crippen molar-refractivity contribution in [2.24, 2.45) is 5.10 Å². The zero-order valence-corrected chi connectivity index (χ0v) is 13.3. The van der Waals surface area contributed by atoms with Crippen LogP contribution in [0.2, 0.25) is 0 Å². The van der Waals surface area contributed by atoms with Gasteiger partial charge in [-0.1, -0.05) is 24.3 Å². The van der Waals surface area contributed by atoms with E-state index in [0.29, 0.717) is 5.69 Å². The third-order valence-corrected chi connectivity index (χ3v) is 3.38. The van der Waals surface area contributed by atoms with Gasteiger partial charge in [0.25, 0.3) is 0 Å². The monoisotopic (exact) mass is 332 g/mol. The summed E-state index contributed by atoms with van der Waals surface area (Å²) >= 11 is 0. The smallest absolute Gasteiger partial charge is 0.335 e. The molecular formula is C20H16N2O3. The van der Waals surface area contributed by atoms with E-state index in [4.69, 9.17) is 9.84 Å². The van der Waals surface area contributed by atoms with Gasteiger partial charge in [0, 0.05) is 0 Å². The molecule has 0 atom stereocenters.